The maximum absolute atomic E-state index is 12.6. The average Bonchev–Trinajstić information content (AvgIpc) is 2.67. The fraction of sp³-hybridized carbons (Fsp3) is 0.619. The first kappa shape index (κ1) is 22.0. The average molecular weight is 363 g/mol. The van der Waals surface area contributed by atoms with Crippen LogP contribution < -0.4 is 4.74 Å². The minimum Gasteiger partial charge on any atom is -0.494 e. The second-order valence-electron chi connectivity index (χ2n) is 6.59. The maximum atomic E-state index is 12.6. The van der Waals surface area contributed by atoms with E-state index in [1.165, 1.54) is 13.5 Å². The Hall–Kier alpha value is -2.04. The van der Waals surface area contributed by atoms with Crippen LogP contribution in [0.15, 0.2) is 30.3 Å². The molecule has 0 saturated carbocycles. The van der Waals surface area contributed by atoms with E-state index in [9.17, 15) is 9.59 Å². The van der Waals surface area contributed by atoms with E-state index in [-0.39, 0.29) is 17.8 Å². The quantitative estimate of drug-likeness (QED) is 0.392. The van der Waals surface area contributed by atoms with Crippen molar-refractivity contribution in [2.45, 2.75) is 52.4 Å². The topological polar surface area (TPSA) is 55.8 Å². The van der Waals surface area contributed by atoms with E-state index in [4.69, 9.17) is 9.47 Å². The van der Waals surface area contributed by atoms with E-state index in [2.05, 4.69) is 6.92 Å². The van der Waals surface area contributed by atoms with Gasteiger partial charge in [-0.25, -0.2) is 0 Å². The zero-order valence-electron chi connectivity index (χ0n) is 16.4. The van der Waals surface area contributed by atoms with Gasteiger partial charge in [-0.15, -0.1) is 0 Å². The number of nitrogens with zero attached hydrogens (tertiary/aromatic N) is 1. The summed E-state index contributed by atoms with van der Waals surface area (Å²) in [5.74, 6) is 0.309. The van der Waals surface area contributed by atoms with Crippen LogP contribution >= 0.6 is 0 Å². The Bertz CT molecular complexity index is 518. The number of carbonyl (C=O) groups is 2. The lowest BCUT2D eigenvalue weighted by molar-refractivity contribution is -0.146. The Kier molecular flexibility index (Phi) is 11.2. The van der Waals surface area contributed by atoms with Crippen molar-refractivity contribution < 1.29 is 19.1 Å². The monoisotopic (exact) mass is 363 g/mol. The fourth-order valence-corrected chi connectivity index (χ4v) is 2.74. The number of rotatable bonds is 13. The van der Waals surface area contributed by atoms with Crippen molar-refractivity contribution in [3.05, 3.63) is 30.3 Å². The number of para-hydroxylation sites is 1. The van der Waals surface area contributed by atoms with Crippen LogP contribution in [-0.2, 0) is 14.3 Å². The van der Waals surface area contributed by atoms with Crippen LogP contribution in [-0.4, -0.2) is 43.6 Å². The number of amides is 1. The Morgan fingerprint density at radius 1 is 1.08 bits per heavy atom. The summed E-state index contributed by atoms with van der Waals surface area (Å²) in [4.78, 5) is 26.1. The summed E-state index contributed by atoms with van der Waals surface area (Å²) < 4.78 is 10.4. The first-order valence-corrected chi connectivity index (χ1v) is 9.62. The Morgan fingerprint density at radius 3 is 2.46 bits per heavy atom. The first-order chi connectivity index (χ1) is 12.6. The Balaban J connectivity index is 2.43. The number of carbonyl (C=O) groups excluding carboxylic acids is 2. The Morgan fingerprint density at radius 2 is 1.81 bits per heavy atom. The van der Waals surface area contributed by atoms with Crippen molar-refractivity contribution in [1.29, 1.82) is 0 Å². The van der Waals surface area contributed by atoms with Crippen LogP contribution in [0.2, 0.25) is 0 Å². The molecule has 0 aliphatic heterocycles. The summed E-state index contributed by atoms with van der Waals surface area (Å²) in [5, 5.41) is 0. The molecule has 1 atom stereocenters. The van der Waals surface area contributed by atoms with E-state index in [0.717, 1.165) is 25.0 Å². The number of benzene rings is 1. The number of esters is 1. The van der Waals surface area contributed by atoms with Crippen molar-refractivity contribution in [3.8, 4) is 5.75 Å². The third kappa shape index (κ3) is 8.88. The summed E-state index contributed by atoms with van der Waals surface area (Å²) in [7, 11) is 1.38. The van der Waals surface area contributed by atoms with E-state index in [1.807, 2.05) is 30.3 Å². The summed E-state index contributed by atoms with van der Waals surface area (Å²) in [5.41, 5.74) is 0. The van der Waals surface area contributed by atoms with E-state index < -0.39 is 0 Å². The van der Waals surface area contributed by atoms with Gasteiger partial charge in [-0.05, 0) is 25.0 Å². The van der Waals surface area contributed by atoms with Gasteiger partial charge in [-0.1, -0.05) is 51.3 Å². The lowest BCUT2D eigenvalue weighted by atomic mass is 10.1. The van der Waals surface area contributed by atoms with Crippen LogP contribution in [0.5, 0.6) is 5.75 Å². The number of methoxy groups -OCH3 is 1. The highest BCUT2D eigenvalue weighted by molar-refractivity contribution is 5.78. The van der Waals surface area contributed by atoms with E-state index in [0.29, 0.717) is 32.5 Å². The van der Waals surface area contributed by atoms with Gasteiger partial charge in [0.15, 0.2) is 0 Å². The molecule has 0 aliphatic carbocycles. The molecule has 1 amide bonds. The molecule has 0 fully saturated rings. The van der Waals surface area contributed by atoms with Crippen LogP contribution in [0.3, 0.4) is 0 Å². The van der Waals surface area contributed by atoms with Gasteiger partial charge in [-0.2, -0.15) is 0 Å². The number of hydrogen-bond donors (Lipinski definition) is 0. The highest BCUT2D eigenvalue weighted by atomic mass is 16.5. The van der Waals surface area contributed by atoms with Crippen molar-refractivity contribution in [1.82, 2.24) is 4.90 Å². The summed E-state index contributed by atoms with van der Waals surface area (Å²) in [6.07, 6.45) is 5.47. The highest BCUT2D eigenvalue weighted by Crippen LogP contribution is 2.11. The largest absolute Gasteiger partial charge is 0.494 e. The fourth-order valence-electron chi connectivity index (χ4n) is 2.74. The molecule has 1 aromatic rings. The van der Waals surface area contributed by atoms with Gasteiger partial charge in [0, 0.05) is 19.5 Å². The van der Waals surface area contributed by atoms with Crippen LogP contribution in [0.25, 0.3) is 0 Å². The van der Waals surface area contributed by atoms with Crippen molar-refractivity contribution in [2.75, 3.05) is 26.8 Å². The normalized spacial score (nSPS) is 11.7. The van der Waals surface area contributed by atoms with Gasteiger partial charge in [0.1, 0.15) is 5.75 Å². The van der Waals surface area contributed by atoms with E-state index >= 15 is 0 Å². The van der Waals surface area contributed by atoms with Gasteiger partial charge < -0.3 is 14.4 Å². The number of hydrogen-bond acceptors (Lipinski definition) is 4. The lowest BCUT2D eigenvalue weighted by Crippen LogP contribution is -2.38. The van der Waals surface area contributed by atoms with Crippen molar-refractivity contribution >= 4 is 11.9 Å². The standard InChI is InChI=1S/C21H33NO4/c1-4-5-6-10-15-22(17-18(2)21(24)25-3)20(23)14-11-16-26-19-12-8-7-9-13-19/h7-9,12-13,18H,4-6,10-11,14-17H2,1-3H3. The predicted octanol–water partition coefficient (Wildman–Crippen LogP) is 4.06. The maximum Gasteiger partial charge on any atom is 0.310 e. The molecule has 5 nitrogen and oxygen atoms in total. The molecule has 0 aliphatic rings. The summed E-state index contributed by atoms with van der Waals surface area (Å²) >= 11 is 0. The minimum atomic E-state index is -0.310. The smallest absolute Gasteiger partial charge is 0.310 e. The zero-order chi connectivity index (χ0) is 19.2. The highest BCUT2D eigenvalue weighted by Gasteiger charge is 2.21. The molecule has 146 valence electrons. The number of ether oxygens (including phenoxy) is 2. The third-order valence-electron chi connectivity index (χ3n) is 4.28. The third-order valence-corrected chi connectivity index (χ3v) is 4.28. The van der Waals surface area contributed by atoms with Crippen LogP contribution in [0.1, 0.15) is 52.4 Å². The van der Waals surface area contributed by atoms with Crippen molar-refractivity contribution in [2.24, 2.45) is 5.92 Å². The van der Waals surface area contributed by atoms with Gasteiger partial charge in [0.2, 0.25) is 5.91 Å². The summed E-state index contributed by atoms with van der Waals surface area (Å²) in [6, 6.07) is 9.59. The molecular formula is C21H33NO4. The SMILES string of the molecule is CCCCCCN(CC(C)C(=O)OC)C(=O)CCCOc1ccccc1. The molecule has 0 saturated heterocycles. The minimum absolute atomic E-state index is 0.0777. The van der Waals surface area contributed by atoms with E-state index in [1.54, 1.807) is 11.8 Å². The molecular weight excluding hydrogens is 330 g/mol. The molecule has 1 rings (SSSR count). The summed E-state index contributed by atoms with van der Waals surface area (Å²) in [6.45, 7) is 5.58. The molecule has 0 bridgehead atoms. The molecule has 1 unspecified atom stereocenters. The first-order valence-electron chi connectivity index (χ1n) is 9.62. The molecule has 5 heteroatoms. The van der Waals surface area contributed by atoms with Gasteiger partial charge in [-0.3, -0.25) is 9.59 Å². The lowest BCUT2D eigenvalue weighted by Gasteiger charge is -2.25. The van der Waals surface area contributed by atoms with Crippen LogP contribution in [0.4, 0.5) is 0 Å². The molecule has 0 radical (unpaired) electrons. The molecule has 0 heterocycles. The molecule has 0 N–H and O–H groups in total. The molecule has 0 aromatic heterocycles. The van der Waals surface area contributed by atoms with Gasteiger partial charge in [0.25, 0.3) is 0 Å². The van der Waals surface area contributed by atoms with Crippen LogP contribution in [0, 0.1) is 5.92 Å². The molecule has 0 spiro atoms. The van der Waals surface area contributed by atoms with Gasteiger partial charge >= 0.3 is 5.97 Å². The number of unbranched alkanes of at least 4 members (excludes halogenated alkanes) is 3. The van der Waals surface area contributed by atoms with Crippen molar-refractivity contribution in [3.63, 3.8) is 0 Å². The van der Waals surface area contributed by atoms with Gasteiger partial charge in [0.05, 0.1) is 19.6 Å². The Labute approximate surface area is 157 Å². The molecule has 26 heavy (non-hydrogen) atoms. The zero-order valence-corrected chi connectivity index (χ0v) is 16.4. The second-order valence-corrected chi connectivity index (χ2v) is 6.59. The predicted molar refractivity (Wildman–Crippen MR) is 103 cm³/mol. The second kappa shape index (κ2) is 13.2. The molecule has 1 aromatic carbocycles.